The lowest BCUT2D eigenvalue weighted by Gasteiger charge is -2.33. The minimum Gasteiger partial charge on any atom is -0.508 e. The number of hydrogen-bond acceptors (Lipinski definition) is 4. The molecule has 0 spiro atoms. The highest BCUT2D eigenvalue weighted by Gasteiger charge is 2.34. The quantitative estimate of drug-likeness (QED) is 0.392. The van der Waals surface area contributed by atoms with Crippen molar-refractivity contribution >= 4 is 11.8 Å². The van der Waals surface area contributed by atoms with Gasteiger partial charge < -0.3 is 21.5 Å². The molecular weight excluding hydrogens is 414 g/mol. The van der Waals surface area contributed by atoms with Crippen LogP contribution in [-0.4, -0.2) is 34.4 Å². The monoisotopic (exact) mass is 445 g/mol. The van der Waals surface area contributed by atoms with Crippen LogP contribution in [0.3, 0.4) is 0 Å². The number of primary amides is 1. The maximum Gasteiger partial charge on any atom is 0.240 e. The number of rotatable bonds is 11. The third-order valence-electron chi connectivity index (χ3n) is 5.72. The molecule has 0 unspecified atom stereocenters. The van der Waals surface area contributed by atoms with Gasteiger partial charge in [-0.15, -0.1) is 0 Å². The van der Waals surface area contributed by atoms with E-state index in [1.54, 1.807) is 29.2 Å². The number of nitrogens with two attached hydrogens (primary N) is 2. The summed E-state index contributed by atoms with van der Waals surface area (Å²) in [5, 5.41) is 9.66. The average molecular weight is 446 g/mol. The first-order chi connectivity index (χ1) is 16.0. The van der Waals surface area contributed by atoms with E-state index in [0.717, 1.165) is 23.1 Å². The molecule has 0 aliphatic carbocycles. The summed E-state index contributed by atoms with van der Waals surface area (Å²) in [5.41, 5.74) is 13.9. The molecule has 3 rings (SSSR count). The van der Waals surface area contributed by atoms with Gasteiger partial charge in [0.1, 0.15) is 11.8 Å². The molecule has 3 aromatic rings. The molecule has 0 radical (unpaired) electrons. The third-order valence-corrected chi connectivity index (χ3v) is 5.72. The van der Waals surface area contributed by atoms with E-state index in [2.05, 4.69) is 0 Å². The molecule has 0 aliphatic rings. The fourth-order valence-corrected chi connectivity index (χ4v) is 4.01. The fraction of sp³-hybridized carbons (Fsp3) is 0.259. The highest BCUT2D eigenvalue weighted by molar-refractivity contribution is 5.92. The van der Waals surface area contributed by atoms with Gasteiger partial charge in [0.2, 0.25) is 11.8 Å². The molecule has 2 amide bonds. The van der Waals surface area contributed by atoms with E-state index >= 15 is 0 Å². The van der Waals surface area contributed by atoms with E-state index in [4.69, 9.17) is 11.5 Å². The van der Waals surface area contributed by atoms with Gasteiger partial charge in [-0.1, -0.05) is 72.8 Å². The molecular formula is C27H31N3O3. The highest BCUT2D eigenvalue weighted by Crippen LogP contribution is 2.29. The molecule has 0 heterocycles. The SMILES string of the molecule is NCCCC[C@H](C(N)=O)N(Cc1ccc(O)cc1)C(=O)C(c1ccccc1)c1ccccc1. The Morgan fingerprint density at radius 2 is 1.36 bits per heavy atom. The summed E-state index contributed by atoms with van der Waals surface area (Å²) in [4.78, 5) is 28.3. The molecule has 6 heteroatoms. The van der Waals surface area contributed by atoms with Crippen molar-refractivity contribution in [3.8, 4) is 5.75 Å². The van der Waals surface area contributed by atoms with Crippen LogP contribution in [0.15, 0.2) is 84.9 Å². The van der Waals surface area contributed by atoms with Crippen LogP contribution in [0.5, 0.6) is 5.75 Å². The summed E-state index contributed by atoms with van der Waals surface area (Å²) < 4.78 is 0. The van der Waals surface area contributed by atoms with Gasteiger partial charge in [-0.25, -0.2) is 0 Å². The molecule has 0 aromatic heterocycles. The molecule has 5 N–H and O–H groups in total. The molecule has 33 heavy (non-hydrogen) atoms. The van der Waals surface area contributed by atoms with Crippen molar-refractivity contribution < 1.29 is 14.7 Å². The second-order valence-corrected chi connectivity index (χ2v) is 8.09. The van der Waals surface area contributed by atoms with Gasteiger partial charge in [0.05, 0.1) is 5.92 Å². The summed E-state index contributed by atoms with van der Waals surface area (Å²) in [6, 6.07) is 24.9. The van der Waals surface area contributed by atoms with Crippen LogP contribution >= 0.6 is 0 Å². The van der Waals surface area contributed by atoms with Crippen LogP contribution in [0.2, 0.25) is 0 Å². The number of carbonyl (C=O) groups excluding carboxylic acids is 2. The predicted molar refractivity (Wildman–Crippen MR) is 129 cm³/mol. The number of amides is 2. The van der Waals surface area contributed by atoms with E-state index in [-0.39, 0.29) is 18.2 Å². The van der Waals surface area contributed by atoms with E-state index in [1.807, 2.05) is 60.7 Å². The topological polar surface area (TPSA) is 110 Å². The van der Waals surface area contributed by atoms with E-state index < -0.39 is 17.9 Å². The summed E-state index contributed by atoms with van der Waals surface area (Å²) in [5.74, 6) is -1.19. The maximum atomic E-state index is 14.1. The fourth-order valence-electron chi connectivity index (χ4n) is 4.01. The number of unbranched alkanes of at least 4 members (excludes halogenated alkanes) is 1. The van der Waals surface area contributed by atoms with Crippen molar-refractivity contribution in [1.82, 2.24) is 4.90 Å². The summed E-state index contributed by atoms with van der Waals surface area (Å²) in [6.45, 7) is 0.708. The molecule has 0 saturated heterocycles. The van der Waals surface area contributed by atoms with E-state index in [0.29, 0.717) is 19.4 Å². The summed E-state index contributed by atoms with van der Waals surface area (Å²) in [7, 11) is 0. The second-order valence-electron chi connectivity index (χ2n) is 8.09. The van der Waals surface area contributed by atoms with Gasteiger partial charge in [-0.2, -0.15) is 0 Å². The number of phenols is 1. The van der Waals surface area contributed by atoms with Crippen molar-refractivity contribution in [3.63, 3.8) is 0 Å². The first-order valence-electron chi connectivity index (χ1n) is 11.2. The van der Waals surface area contributed by atoms with E-state index in [9.17, 15) is 14.7 Å². The van der Waals surface area contributed by atoms with Crippen molar-refractivity contribution in [2.75, 3.05) is 6.54 Å². The molecule has 1 atom stereocenters. The van der Waals surface area contributed by atoms with Crippen LogP contribution in [-0.2, 0) is 16.1 Å². The Bertz CT molecular complexity index is 984. The Kier molecular flexibility index (Phi) is 8.61. The normalized spacial score (nSPS) is 11.8. The molecule has 0 fully saturated rings. The van der Waals surface area contributed by atoms with Crippen LogP contribution < -0.4 is 11.5 Å². The Balaban J connectivity index is 2.04. The largest absolute Gasteiger partial charge is 0.508 e. The first-order valence-corrected chi connectivity index (χ1v) is 11.2. The lowest BCUT2D eigenvalue weighted by molar-refractivity contribution is -0.141. The lowest BCUT2D eigenvalue weighted by atomic mass is 9.89. The Hall–Kier alpha value is -3.64. The molecule has 0 saturated carbocycles. The zero-order valence-corrected chi connectivity index (χ0v) is 18.6. The van der Waals surface area contributed by atoms with Crippen molar-refractivity contribution in [1.29, 1.82) is 0 Å². The lowest BCUT2D eigenvalue weighted by Crippen LogP contribution is -2.49. The number of hydrogen-bond donors (Lipinski definition) is 3. The first kappa shape index (κ1) is 24.0. The number of benzene rings is 3. The van der Waals surface area contributed by atoms with Crippen molar-refractivity contribution in [2.24, 2.45) is 11.5 Å². The van der Waals surface area contributed by atoms with Gasteiger partial charge in [-0.3, -0.25) is 9.59 Å². The number of aromatic hydroxyl groups is 1. The third kappa shape index (κ3) is 6.43. The highest BCUT2D eigenvalue weighted by atomic mass is 16.3. The van der Waals surface area contributed by atoms with Crippen LogP contribution in [0.4, 0.5) is 0 Å². The van der Waals surface area contributed by atoms with Gasteiger partial charge in [0, 0.05) is 6.54 Å². The Morgan fingerprint density at radius 1 is 0.818 bits per heavy atom. The molecule has 3 aromatic carbocycles. The van der Waals surface area contributed by atoms with Crippen LogP contribution in [0.25, 0.3) is 0 Å². The molecule has 172 valence electrons. The van der Waals surface area contributed by atoms with Crippen LogP contribution in [0, 0.1) is 0 Å². The van der Waals surface area contributed by atoms with Gasteiger partial charge >= 0.3 is 0 Å². The molecule has 0 bridgehead atoms. The van der Waals surface area contributed by atoms with Crippen molar-refractivity contribution in [3.05, 3.63) is 102 Å². The Labute approximate surface area is 194 Å². The second kappa shape index (κ2) is 11.8. The average Bonchev–Trinajstić information content (AvgIpc) is 2.83. The van der Waals surface area contributed by atoms with E-state index in [1.165, 1.54) is 0 Å². The minimum atomic E-state index is -0.771. The minimum absolute atomic E-state index is 0.137. The predicted octanol–water partition coefficient (Wildman–Crippen LogP) is 3.54. The smallest absolute Gasteiger partial charge is 0.240 e. The van der Waals surface area contributed by atoms with Gasteiger partial charge in [0.15, 0.2) is 0 Å². The van der Waals surface area contributed by atoms with Gasteiger partial charge in [-0.05, 0) is 54.6 Å². The van der Waals surface area contributed by atoms with Gasteiger partial charge in [0.25, 0.3) is 0 Å². The number of nitrogens with zero attached hydrogens (tertiary/aromatic N) is 1. The zero-order chi connectivity index (χ0) is 23.6. The van der Waals surface area contributed by atoms with Crippen LogP contribution in [0.1, 0.15) is 41.9 Å². The Morgan fingerprint density at radius 3 is 1.85 bits per heavy atom. The molecule has 0 aliphatic heterocycles. The number of phenolic OH excluding ortho intramolecular Hbond substituents is 1. The maximum absolute atomic E-state index is 14.1. The van der Waals surface area contributed by atoms with Crippen molar-refractivity contribution in [2.45, 2.75) is 37.8 Å². The summed E-state index contributed by atoms with van der Waals surface area (Å²) in [6.07, 6.45) is 1.86. The number of carbonyl (C=O) groups is 2. The standard InChI is InChI=1S/C27H31N3O3/c28-18-8-7-13-24(26(29)32)30(19-20-14-16-23(31)17-15-20)27(33)25(21-9-3-1-4-10-21)22-11-5-2-6-12-22/h1-6,9-12,14-17,24-25,31H,7-8,13,18-19,28H2,(H2,29,32)/t24-/m1/s1. The zero-order valence-electron chi connectivity index (χ0n) is 18.6. The summed E-state index contributed by atoms with van der Waals surface area (Å²) >= 11 is 0. The molecule has 6 nitrogen and oxygen atoms in total.